The molecular formula is C22H36N4O3S. The fourth-order valence-electron chi connectivity index (χ4n) is 3.67. The van der Waals surface area contributed by atoms with Crippen LogP contribution in [0.25, 0.3) is 11.0 Å². The number of aryl methyl sites for hydroxylation is 2. The summed E-state index contributed by atoms with van der Waals surface area (Å²) in [4.78, 5) is 17.1. The molecule has 1 atom stereocenters. The van der Waals surface area contributed by atoms with Crippen LogP contribution in [0.1, 0.15) is 65.6 Å². The minimum atomic E-state index is -3.53. The number of rotatable bonds is 12. The number of sulfonamides is 1. The molecule has 0 aliphatic rings. The first kappa shape index (κ1) is 24.3. The molecule has 2 aromatic rings. The van der Waals surface area contributed by atoms with Gasteiger partial charge >= 0.3 is 0 Å². The van der Waals surface area contributed by atoms with Crippen LogP contribution in [0.5, 0.6) is 0 Å². The van der Waals surface area contributed by atoms with Crippen molar-refractivity contribution in [3.8, 4) is 0 Å². The Balaban J connectivity index is 2.09. The van der Waals surface area contributed by atoms with Crippen LogP contribution in [-0.4, -0.2) is 47.3 Å². The summed E-state index contributed by atoms with van der Waals surface area (Å²) < 4.78 is 28.9. The lowest BCUT2D eigenvalue weighted by Crippen LogP contribution is -2.32. The monoisotopic (exact) mass is 436 g/mol. The van der Waals surface area contributed by atoms with Crippen LogP contribution in [0.4, 0.5) is 0 Å². The maximum Gasteiger partial charge on any atom is 0.243 e. The van der Waals surface area contributed by atoms with Gasteiger partial charge in [-0.1, -0.05) is 40.0 Å². The highest BCUT2D eigenvalue weighted by atomic mass is 32.2. The Morgan fingerprint density at radius 3 is 2.53 bits per heavy atom. The van der Waals surface area contributed by atoms with Gasteiger partial charge in [-0.2, -0.15) is 4.31 Å². The minimum absolute atomic E-state index is 0.0239. The highest BCUT2D eigenvalue weighted by Gasteiger charge is 2.22. The number of fused-ring (bicyclic) bond motifs is 1. The molecule has 168 valence electrons. The average Bonchev–Trinajstić information content (AvgIpc) is 3.02. The van der Waals surface area contributed by atoms with Crippen LogP contribution in [0, 0.1) is 0 Å². The topological polar surface area (TPSA) is 84.3 Å². The first-order chi connectivity index (χ1) is 14.2. The number of carbonyl (C=O) groups excluding carboxylic acids is 1. The number of imidazole rings is 1. The number of amides is 1. The van der Waals surface area contributed by atoms with E-state index in [1.54, 1.807) is 18.2 Å². The van der Waals surface area contributed by atoms with E-state index in [9.17, 15) is 13.2 Å². The molecule has 1 heterocycles. The highest BCUT2D eigenvalue weighted by Crippen LogP contribution is 2.22. The number of hydrogen-bond acceptors (Lipinski definition) is 4. The molecule has 0 bridgehead atoms. The molecule has 1 amide bonds. The number of benzene rings is 1. The molecule has 0 fully saturated rings. The number of aromatic nitrogens is 2. The van der Waals surface area contributed by atoms with Crippen molar-refractivity contribution in [1.29, 1.82) is 0 Å². The van der Waals surface area contributed by atoms with E-state index >= 15 is 0 Å². The maximum atomic E-state index is 12.8. The summed E-state index contributed by atoms with van der Waals surface area (Å²) in [7, 11) is -1.63. The van der Waals surface area contributed by atoms with Crippen molar-refractivity contribution >= 4 is 27.0 Å². The molecule has 1 aromatic carbocycles. The van der Waals surface area contributed by atoms with E-state index in [2.05, 4.69) is 17.2 Å². The molecule has 1 N–H and O–H groups in total. The zero-order chi connectivity index (χ0) is 22.3. The van der Waals surface area contributed by atoms with Crippen LogP contribution >= 0.6 is 0 Å². The van der Waals surface area contributed by atoms with Gasteiger partial charge in [0, 0.05) is 39.0 Å². The fraction of sp³-hybridized carbons (Fsp3) is 0.636. The Morgan fingerprint density at radius 2 is 1.90 bits per heavy atom. The Bertz CT molecular complexity index is 949. The molecule has 1 aromatic heterocycles. The molecule has 0 unspecified atom stereocenters. The van der Waals surface area contributed by atoms with Crippen LogP contribution in [0.3, 0.4) is 0 Å². The highest BCUT2D eigenvalue weighted by molar-refractivity contribution is 7.89. The summed E-state index contributed by atoms with van der Waals surface area (Å²) in [6, 6.07) is 5.23. The van der Waals surface area contributed by atoms with Gasteiger partial charge in [0.05, 0.1) is 15.9 Å². The summed E-state index contributed by atoms with van der Waals surface area (Å²) in [6.07, 6.45) is 5.35. The molecule has 0 saturated heterocycles. The average molecular weight is 437 g/mol. The normalized spacial score (nSPS) is 13.1. The van der Waals surface area contributed by atoms with Crippen LogP contribution < -0.4 is 5.32 Å². The smallest absolute Gasteiger partial charge is 0.243 e. The van der Waals surface area contributed by atoms with Gasteiger partial charge in [0.1, 0.15) is 5.82 Å². The standard InChI is InChI=1S/C22H36N4O3S/c1-6-9-10-11-17(4)23-22(27)15-14-21-24-19-16-18(12-13-20(19)25(21)5)30(28,29)26(7-2)8-3/h12-13,16-17H,6-11,14-15H2,1-5H3,(H,23,27)/t17-/m0/s1. The second-order valence-corrected chi connectivity index (χ2v) is 9.73. The molecule has 0 radical (unpaired) electrons. The van der Waals surface area contributed by atoms with Gasteiger partial charge in [-0.15, -0.1) is 0 Å². The van der Waals surface area contributed by atoms with Crippen molar-refractivity contribution in [2.24, 2.45) is 7.05 Å². The van der Waals surface area contributed by atoms with Gasteiger partial charge in [0.15, 0.2) is 0 Å². The first-order valence-electron chi connectivity index (χ1n) is 11.0. The number of hydrogen-bond donors (Lipinski definition) is 1. The quantitative estimate of drug-likeness (QED) is 0.515. The van der Waals surface area contributed by atoms with E-state index in [1.807, 2.05) is 32.4 Å². The van der Waals surface area contributed by atoms with Gasteiger partial charge in [-0.05, 0) is 31.5 Å². The second-order valence-electron chi connectivity index (χ2n) is 7.79. The van der Waals surface area contributed by atoms with Gasteiger partial charge in [0.2, 0.25) is 15.9 Å². The zero-order valence-electron chi connectivity index (χ0n) is 18.9. The molecule has 0 spiro atoms. The van der Waals surface area contributed by atoms with Crippen LogP contribution in [0.15, 0.2) is 23.1 Å². The second kappa shape index (κ2) is 10.9. The van der Waals surface area contributed by atoms with E-state index in [4.69, 9.17) is 0 Å². The van der Waals surface area contributed by atoms with E-state index in [0.717, 1.165) is 24.2 Å². The lowest BCUT2D eigenvalue weighted by Gasteiger charge is -2.18. The number of carbonyl (C=O) groups is 1. The van der Waals surface area contributed by atoms with Crippen molar-refractivity contribution in [1.82, 2.24) is 19.2 Å². The van der Waals surface area contributed by atoms with E-state index in [1.165, 1.54) is 17.1 Å². The summed E-state index contributed by atoms with van der Waals surface area (Å²) >= 11 is 0. The van der Waals surface area contributed by atoms with Gasteiger partial charge in [0.25, 0.3) is 0 Å². The van der Waals surface area contributed by atoms with E-state index in [-0.39, 0.29) is 16.8 Å². The molecule has 0 aliphatic carbocycles. The summed E-state index contributed by atoms with van der Waals surface area (Å²) in [5, 5.41) is 3.06. The molecule has 0 saturated carbocycles. The van der Waals surface area contributed by atoms with Crippen LogP contribution in [0.2, 0.25) is 0 Å². The van der Waals surface area contributed by atoms with Crippen LogP contribution in [-0.2, 0) is 28.3 Å². The third-order valence-electron chi connectivity index (χ3n) is 5.51. The molecule has 8 heteroatoms. The van der Waals surface area contributed by atoms with E-state index < -0.39 is 10.0 Å². The SMILES string of the molecule is CCCCC[C@H](C)NC(=O)CCc1nc2cc(S(=O)(=O)N(CC)CC)ccc2n1C. The largest absolute Gasteiger partial charge is 0.354 e. The maximum absolute atomic E-state index is 12.8. The lowest BCUT2D eigenvalue weighted by molar-refractivity contribution is -0.121. The first-order valence-corrected chi connectivity index (χ1v) is 12.4. The predicted molar refractivity (Wildman–Crippen MR) is 121 cm³/mol. The van der Waals surface area contributed by atoms with Crippen molar-refractivity contribution in [3.63, 3.8) is 0 Å². The Morgan fingerprint density at radius 1 is 1.20 bits per heavy atom. The van der Waals surface area contributed by atoms with Gasteiger partial charge in [-0.3, -0.25) is 4.79 Å². The third kappa shape index (κ3) is 5.82. The van der Waals surface area contributed by atoms with Crippen molar-refractivity contribution < 1.29 is 13.2 Å². The summed E-state index contributed by atoms with van der Waals surface area (Å²) in [5.74, 6) is 0.798. The fourth-order valence-corrected chi connectivity index (χ4v) is 5.15. The lowest BCUT2D eigenvalue weighted by atomic mass is 10.1. The minimum Gasteiger partial charge on any atom is -0.354 e. The zero-order valence-corrected chi connectivity index (χ0v) is 19.8. The summed E-state index contributed by atoms with van der Waals surface area (Å²) in [5.41, 5.74) is 1.49. The van der Waals surface area contributed by atoms with Crippen molar-refractivity contribution in [3.05, 3.63) is 24.0 Å². The predicted octanol–water partition coefficient (Wildman–Crippen LogP) is 3.62. The molecule has 7 nitrogen and oxygen atoms in total. The number of nitrogens with one attached hydrogen (secondary N) is 1. The van der Waals surface area contributed by atoms with Gasteiger partial charge in [-0.25, -0.2) is 13.4 Å². The van der Waals surface area contributed by atoms with Gasteiger partial charge < -0.3 is 9.88 Å². The molecule has 0 aliphatic heterocycles. The van der Waals surface area contributed by atoms with Crippen molar-refractivity contribution in [2.75, 3.05) is 13.1 Å². The number of unbranched alkanes of at least 4 members (excludes halogenated alkanes) is 2. The Kier molecular flexibility index (Phi) is 8.85. The molecule has 30 heavy (non-hydrogen) atoms. The summed E-state index contributed by atoms with van der Waals surface area (Å²) in [6.45, 7) is 8.72. The third-order valence-corrected chi connectivity index (χ3v) is 7.56. The van der Waals surface area contributed by atoms with E-state index in [0.29, 0.717) is 31.4 Å². The molecule has 2 rings (SSSR count). The molecular weight excluding hydrogens is 400 g/mol. The Hall–Kier alpha value is -1.93. The van der Waals surface area contributed by atoms with Crippen molar-refractivity contribution in [2.45, 2.75) is 77.2 Å². The number of nitrogens with zero attached hydrogens (tertiary/aromatic N) is 3. The Labute approximate surface area is 180 Å².